The van der Waals surface area contributed by atoms with Crippen molar-refractivity contribution in [3.8, 4) is 11.5 Å². The number of carbonyl (C=O) groups is 1. The Hall–Kier alpha value is -2.86. The van der Waals surface area contributed by atoms with Crippen LogP contribution in [0.5, 0.6) is 0 Å². The normalized spacial score (nSPS) is 10.7. The van der Waals surface area contributed by atoms with Gasteiger partial charge in [-0.1, -0.05) is 36.1 Å². The number of rotatable bonds is 7. The molecule has 0 saturated heterocycles. The van der Waals surface area contributed by atoms with Gasteiger partial charge in [0, 0.05) is 17.7 Å². The molecule has 0 radical (unpaired) electrons. The molecule has 134 valence electrons. The molecule has 0 atom stereocenters. The fourth-order valence-electron chi connectivity index (χ4n) is 1.87. The molecule has 2 heterocycles. The van der Waals surface area contributed by atoms with Crippen LogP contribution in [0, 0.1) is 10.1 Å². The molecule has 0 aliphatic carbocycles. The molecule has 1 amide bonds. The van der Waals surface area contributed by atoms with Crippen molar-refractivity contribution in [2.24, 2.45) is 0 Å². The predicted octanol–water partition coefficient (Wildman–Crippen LogP) is 2.79. The largest absolute Gasteiger partial charge is 0.411 e. The molecular weight excluding hydrogens is 380 g/mol. The maximum Gasteiger partial charge on any atom is 0.277 e. The van der Waals surface area contributed by atoms with Gasteiger partial charge in [-0.15, -0.1) is 20.4 Å². The van der Waals surface area contributed by atoms with E-state index in [1.165, 1.54) is 29.5 Å². The van der Waals surface area contributed by atoms with Gasteiger partial charge in [-0.2, -0.15) is 0 Å². The molecule has 1 N–H and O–H groups in total. The van der Waals surface area contributed by atoms with E-state index >= 15 is 0 Å². The first-order valence-electron chi connectivity index (χ1n) is 7.38. The standard InChI is InChI=1S/C14H12N6O4S2/c1-2-11-16-18-13(26-11)15-10(21)7-25-14-19-17-12(24-14)8-4-3-5-9(6-8)20(22)23/h3-6H,2,7H2,1H3,(H,15,18,21). The van der Waals surface area contributed by atoms with Crippen molar-refractivity contribution in [3.05, 3.63) is 39.4 Å². The third-order valence-corrected chi connectivity index (χ3v) is 4.85. The molecule has 0 unspecified atom stereocenters. The highest BCUT2D eigenvalue weighted by atomic mass is 32.2. The minimum atomic E-state index is -0.503. The average Bonchev–Trinajstić information content (AvgIpc) is 3.29. The topological polar surface area (TPSA) is 137 Å². The van der Waals surface area contributed by atoms with E-state index in [4.69, 9.17) is 4.42 Å². The summed E-state index contributed by atoms with van der Waals surface area (Å²) in [7, 11) is 0. The maximum absolute atomic E-state index is 11.9. The first-order valence-corrected chi connectivity index (χ1v) is 9.18. The Morgan fingerprint density at radius 1 is 1.35 bits per heavy atom. The summed E-state index contributed by atoms with van der Waals surface area (Å²) >= 11 is 2.37. The number of thioether (sulfide) groups is 1. The van der Waals surface area contributed by atoms with Gasteiger partial charge in [0.25, 0.3) is 10.9 Å². The maximum atomic E-state index is 11.9. The summed E-state index contributed by atoms with van der Waals surface area (Å²) in [4.78, 5) is 22.2. The van der Waals surface area contributed by atoms with E-state index < -0.39 is 4.92 Å². The smallest absolute Gasteiger partial charge is 0.277 e. The molecule has 3 rings (SSSR count). The highest BCUT2D eigenvalue weighted by Crippen LogP contribution is 2.26. The molecule has 0 fully saturated rings. The number of nitrogens with zero attached hydrogens (tertiary/aromatic N) is 5. The third kappa shape index (κ3) is 4.40. The van der Waals surface area contributed by atoms with E-state index in [2.05, 4.69) is 25.7 Å². The molecule has 0 bridgehead atoms. The third-order valence-electron chi connectivity index (χ3n) is 3.05. The lowest BCUT2D eigenvalue weighted by Crippen LogP contribution is -2.13. The Kier molecular flexibility index (Phi) is 5.53. The van der Waals surface area contributed by atoms with Gasteiger partial charge in [0.15, 0.2) is 0 Å². The van der Waals surface area contributed by atoms with E-state index in [9.17, 15) is 14.9 Å². The van der Waals surface area contributed by atoms with E-state index in [0.29, 0.717) is 10.7 Å². The summed E-state index contributed by atoms with van der Waals surface area (Å²) in [6.45, 7) is 1.95. The van der Waals surface area contributed by atoms with Crippen LogP contribution >= 0.6 is 23.1 Å². The van der Waals surface area contributed by atoms with Gasteiger partial charge >= 0.3 is 0 Å². The van der Waals surface area contributed by atoms with Gasteiger partial charge in [-0.05, 0) is 12.5 Å². The Bertz CT molecular complexity index is 941. The number of hydrogen-bond donors (Lipinski definition) is 1. The van der Waals surface area contributed by atoms with Crippen molar-refractivity contribution in [1.82, 2.24) is 20.4 Å². The van der Waals surface area contributed by atoms with E-state index in [1.807, 2.05) is 6.92 Å². The number of amides is 1. The Labute approximate surface area is 155 Å². The molecule has 26 heavy (non-hydrogen) atoms. The summed E-state index contributed by atoms with van der Waals surface area (Å²) in [5.41, 5.74) is 0.363. The minimum absolute atomic E-state index is 0.0532. The average molecular weight is 392 g/mol. The van der Waals surface area contributed by atoms with Crippen molar-refractivity contribution in [2.45, 2.75) is 18.6 Å². The van der Waals surface area contributed by atoms with Crippen LogP contribution in [0.25, 0.3) is 11.5 Å². The van der Waals surface area contributed by atoms with E-state index in [1.54, 1.807) is 6.07 Å². The second-order valence-electron chi connectivity index (χ2n) is 4.87. The molecule has 1 aromatic carbocycles. The zero-order valence-electron chi connectivity index (χ0n) is 13.4. The summed E-state index contributed by atoms with van der Waals surface area (Å²) in [5, 5.41) is 30.4. The van der Waals surface area contributed by atoms with Crippen LogP contribution < -0.4 is 5.32 Å². The van der Waals surface area contributed by atoms with Crippen LogP contribution in [0.4, 0.5) is 10.8 Å². The molecule has 0 saturated carbocycles. The summed E-state index contributed by atoms with van der Waals surface area (Å²) in [5.74, 6) is -0.0744. The first kappa shape index (κ1) is 17.9. The van der Waals surface area contributed by atoms with Gasteiger partial charge in [0.05, 0.1) is 10.7 Å². The quantitative estimate of drug-likeness (QED) is 0.365. The second-order valence-corrected chi connectivity index (χ2v) is 6.86. The molecule has 0 spiro atoms. The highest BCUT2D eigenvalue weighted by Gasteiger charge is 2.14. The molecule has 3 aromatic rings. The fourth-order valence-corrected chi connectivity index (χ4v) is 3.13. The number of aryl methyl sites for hydroxylation is 1. The zero-order chi connectivity index (χ0) is 18.5. The van der Waals surface area contributed by atoms with Crippen molar-refractivity contribution in [3.63, 3.8) is 0 Å². The van der Waals surface area contributed by atoms with Gasteiger partial charge < -0.3 is 4.42 Å². The molecular formula is C14H12N6O4S2. The lowest BCUT2D eigenvalue weighted by molar-refractivity contribution is -0.384. The van der Waals surface area contributed by atoms with Crippen molar-refractivity contribution < 1.29 is 14.1 Å². The molecule has 2 aromatic heterocycles. The molecule has 0 aliphatic rings. The second kappa shape index (κ2) is 8.01. The summed E-state index contributed by atoms with van der Waals surface area (Å²) in [6, 6.07) is 5.87. The van der Waals surface area contributed by atoms with E-state index in [-0.39, 0.29) is 28.5 Å². The van der Waals surface area contributed by atoms with Gasteiger partial charge in [-0.25, -0.2) is 0 Å². The zero-order valence-corrected chi connectivity index (χ0v) is 15.0. The number of anilines is 1. The predicted molar refractivity (Wildman–Crippen MR) is 95.0 cm³/mol. The number of non-ortho nitro benzene ring substituents is 1. The van der Waals surface area contributed by atoms with Gasteiger partial charge in [-0.3, -0.25) is 20.2 Å². The van der Waals surface area contributed by atoms with Crippen molar-refractivity contribution in [2.75, 3.05) is 11.1 Å². The number of hydrogen-bond acceptors (Lipinski definition) is 10. The number of benzene rings is 1. The Balaban J connectivity index is 1.59. The summed E-state index contributed by atoms with van der Waals surface area (Å²) in [6.07, 6.45) is 0.755. The number of nitro groups is 1. The SMILES string of the molecule is CCc1nnc(NC(=O)CSc2nnc(-c3cccc([N+](=O)[O-])c3)o2)s1. The lowest BCUT2D eigenvalue weighted by Gasteiger charge is -1.98. The van der Waals surface area contributed by atoms with Crippen LogP contribution in [0.1, 0.15) is 11.9 Å². The number of nitrogens with one attached hydrogen (secondary N) is 1. The Morgan fingerprint density at radius 2 is 2.19 bits per heavy atom. The Morgan fingerprint density at radius 3 is 2.92 bits per heavy atom. The van der Waals surface area contributed by atoms with E-state index in [0.717, 1.165) is 23.2 Å². The van der Waals surface area contributed by atoms with Crippen LogP contribution in [0.3, 0.4) is 0 Å². The van der Waals surface area contributed by atoms with Gasteiger partial charge in [0.1, 0.15) is 5.01 Å². The molecule has 0 aliphatic heterocycles. The van der Waals surface area contributed by atoms with Gasteiger partial charge in [0.2, 0.25) is 16.9 Å². The van der Waals surface area contributed by atoms with Crippen LogP contribution in [0.15, 0.2) is 33.9 Å². The number of nitro benzene ring substituents is 1. The minimum Gasteiger partial charge on any atom is -0.411 e. The van der Waals surface area contributed by atoms with Crippen molar-refractivity contribution in [1.29, 1.82) is 0 Å². The molecule has 10 nitrogen and oxygen atoms in total. The monoisotopic (exact) mass is 392 g/mol. The fraction of sp³-hybridized carbons (Fsp3) is 0.214. The first-order chi connectivity index (χ1) is 12.5. The van der Waals surface area contributed by atoms with Crippen molar-refractivity contribution >= 4 is 39.8 Å². The number of aromatic nitrogens is 4. The van der Waals surface area contributed by atoms with Crippen LogP contribution in [-0.2, 0) is 11.2 Å². The summed E-state index contributed by atoms with van der Waals surface area (Å²) < 4.78 is 5.44. The van der Waals surface area contributed by atoms with Crippen LogP contribution in [-0.4, -0.2) is 37.0 Å². The molecule has 12 heteroatoms. The lowest BCUT2D eigenvalue weighted by atomic mass is 10.2. The highest BCUT2D eigenvalue weighted by molar-refractivity contribution is 7.99. The van der Waals surface area contributed by atoms with Crippen LogP contribution in [0.2, 0.25) is 0 Å². The number of carbonyl (C=O) groups excluding carboxylic acids is 1.